The second kappa shape index (κ2) is 4.36. The van der Waals surface area contributed by atoms with Gasteiger partial charge in [0, 0.05) is 18.8 Å². The summed E-state index contributed by atoms with van der Waals surface area (Å²) in [5.74, 6) is -0.168. The Morgan fingerprint density at radius 1 is 1.50 bits per heavy atom. The molecular formula is C12H16N4O2. The highest BCUT2D eigenvalue weighted by molar-refractivity contribution is 5.74. The highest BCUT2D eigenvalue weighted by Gasteiger charge is 2.38. The van der Waals surface area contributed by atoms with Crippen LogP contribution in [0.25, 0.3) is 5.65 Å². The Balaban J connectivity index is 2.41. The number of hydrogen-bond donors (Lipinski definition) is 1. The molecule has 0 aromatic carbocycles. The number of aliphatic carboxylic acids is 1. The number of nitrogens with zero attached hydrogens (tertiary/aromatic N) is 4. The Hall–Kier alpha value is -1.98. The standard InChI is InChI=1S/C12H16N4O2/c1-8(2)12(3,11(17)18)6-9-14-15-10-7-13-4-5-16(9)10/h4-5,7-8H,6H2,1-3H3,(H,17,18). The predicted octanol–water partition coefficient (Wildman–Crippen LogP) is 1.41. The third-order valence-electron chi connectivity index (χ3n) is 3.57. The molecule has 1 N–H and O–H groups in total. The molecular weight excluding hydrogens is 232 g/mol. The Bertz CT molecular complexity index is 578. The van der Waals surface area contributed by atoms with Crippen molar-refractivity contribution in [1.29, 1.82) is 0 Å². The van der Waals surface area contributed by atoms with E-state index >= 15 is 0 Å². The fraction of sp³-hybridized carbons (Fsp3) is 0.500. The third-order valence-corrected chi connectivity index (χ3v) is 3.57. The predicted molar refractivity (Wildman–Crippen MR) is 65.1 cm³/mol. The molecule has 6 heteroatoms. The van der Waals surface area contributed by atoms with Crippen LogP contribution >= 0.6 is 0 Å². The molecule has 0 bridgehead atoms. The van der Waals surface area contributed by atoms with Crippen molar-refractivity contribution in [2.24, 2.45) is 11.3 Å². The molecule has 0 amide bonds. The van der Waals surface area contributed by atoms with E-state index in [4.69, 9.17) is 0 Å². The van der Waals surface area contributed by atoms with Crippen LogP contribution in [0.3, 0.4) is 0 Å². The summed E-state index contributed by atoms with van der Waals surface area (Å²) < 4.78 is 1.77. The van der Waals surface area contributed by atoms with E-state index in [1.54, 1.807) is 29.9 Å². The number of carboxylic acid groups (broad SMARTS) is 1. The second-order valence-electron chi connectivity index (χ2n) is 4.97. The molecule has 0 aliphatic carbocycles. The van der Waals surface area contributed by atoms with Crippen LogP contribution in [0.5, 0.6) is 0 Å². The Morgan fingerprint density at radius 2 is 2.22 bits per heavy atom. The average molecular weight is 248 g/mol. The summed E-state index contributed by atoms with van der Waals surface area (Å²) in [6.45, 7) is 5.54. The van der Waals surface area contributed by atoms with E-state index in [1.807, 2.05) is 13.8 Å². The molecule has 96 valence electrons. The molecule has 0 aliphatic rings. The van der Waals surface area contributed by atoms with Crippen molar-refractivity contribution in [3.8, 4) is 0 Å². The smallest absolute Gasteiger partial charge is 0.310 e. The van der Waals surface area contributed by atoms with E-state index in [0.29, 0.717) is 17.9 Å². The van der Waals surface area contributed by atoms with Crippen molar-refractivity contribution in [3.63, 3.8) is 0 Å². The zero-order valence-corrected chi connectivity index (χ0v) is 10.7. The van der Waals surface area contributed by atoms with Crippen molar-refractivity contribution in [1.82, 2.24) is 19.6 Å². The van der Waals surface area contributed by atoms with Crippen LogP contribution in [-0.4, -0.2) is 30.7 Å². The van der Waals surface area contributed by atoms with Crippen LogP contribution in [-0.2, 0) is 11.2 Å². The maximum atomic E-state index is 11.5. The van der Waals surface area contributed by atoms with Gasteiger partial charge in [-0.2, -0.15) is 0 Å². The molecule has 0 radical (unpaired) electrons. The van der Waals surface area contributed by atoms with Gasteiger partial charge in [0.15, 0.2) is 5.65 Å². The highest BCUT2D eigenvalue weighted by Crippen LogP contribution is 2.31. The van der Waals surface area contributed by atoms with Gasteiger partial charge >= 0.3 is 5.97 Å². The second-order valence-corrected chi connectivity index (χ2v) is 4.97. The number of aromatic nitrogens is 4. The van der Waals surface area contributed by atoms with Crippen LogP contribution < -0.4 is 0 Å². The molecule has 2 rings (SSSR count). The lowest BCUT2D eigenvalue weighted by Gasteiger charge is -2.28. The van der Waals surface area contributed by atoms with E-state index in [2.05, 4.69) is 15.2 Å². The largest absolute Gasteiger partial charge is 0.481 e. The third kappa shape index (κ3) is 1.94. The lowest BCUT2D eigenvalue weighted by Crippen LogP contribution is -2.36. The van der Waals surface area contributed by atoms with Crippen LogP contribution in [0.4, 0.5) is 0 Å². The first-order valence-electron chi connectivity index (χ1n) is 5.82. The van der Waals surface area contributed by atoms with E-state index in [1.165, 1.54) is 0 Å². The molecule has 0 fully saturated rings. The zero-order valence-electron chi connectivity index (χ0n) is 10.7. The molecule has 18 heavy (non-hydrogen) atoms. The van der Waals surface area contributed by atoms with Gasteiger partial charge in [-0.1, -0.05) is 13.8 Å². The Morgan fingerprint density at radius 3 is 2.83 bits per heavy atom. The first-order chi connectivity index (χ1) is 8.45. The molecule has 0 spiro atoms. The minimum atomic E-state index is -0.855. The van der Waals surface area contributed by atoms with E-state index in [9.17, 15) is 9.90 Å². The maximum absolute atomic E-state index is 11.5. The van der Waals surface area contributed by atoms with Crippen LogP contribution in [0.1, 0.15) is 26.6 Å². The van der Waals surface area contributed by atoms with Crippen LogP contribution in [0.2, 0.25) is 0 Å². The van der Waals surface area contributed by atoms with Gasteiger partial charge in [-0.15, -0.1) is 10.2 Å². The van der Waals surface area contributed by atoms with Crippen molar-refractivity contribution in [2.45, 2.75) is 27.2 Å². The van der Waals surface area contributed by atoms with Gasteiger partial charge in [-0.3, -0.25) is 14.2 Å². The molecule has 2 aromatic heterocycles. The highest BCUT2D eigenvalue weighted by atomic mass is 16.4. The summed E-state index contributed by atoms with van der Waals surface area (Å²) in [7, 11) is 0. The van der Waals surface area contributed by atoms with Crippen LogP contribution in [0, 0.1) is 11.3 Å². The minimum Gasteiger partial charge on any atom is -0.481 e. The van der Waals surface area contributed by atoms with Crippen molar-refractivity contribution < 1.29 is 9.90 Å². The van der Waals surface area contributed by atoms with Gasteiger partial charge in [0.2, 0.25) is 0 Å². The number of rotatable bonds is 4. The number of carbonyl (C=O) groups is 1. The summed E-state index contributed by atoms with van der Waals surface area (Å²) in [4.78, 5) is 15.4. The Labute approximate surface area is 105 Å². The number of hydrogen-bond acceptors (Lipinski definition) is 4. The fourth-order valence-electron chi connectivity index (χ4n) is 1.78. The summed E-state index contributed by atoms with van der Waals surface area (Å²) in [5, 5.41) is 17.4. The summed E-state index contributed by atoms with van der Waals surface area (Å²) in [6, 6.07) is 0. The lowest BCUT2D eigenvalue weighted by atomic mass is 9.76. The van der Waals surface area contributed by atoms with Gasteiger partial charge < -0.3 is 5.11 Å². The van der Waals surface area contributed by atoms with Gasteiger partial charge in [0.1, 0.15) is 5.82 Å². The monoisotopic (exact) mass is 248 g/mol. The molecule has 1 atom stereocenters. The quantitative estimate of drug-likeness (QED) is 0.884. The minimum absolute atomic E-state index is 0.00388. The zero-order chi connectivity index (χ0) is 13.3. The first-order valence-corrected chi connectivity index (χ1v) is 5.82. The molecule has 2 heterocycles. The van der Waals surface area contributed by atoms with E-state index in [0.717, 1.165) is 0 Å². The van der Waals surface area contributed by atoms with E-state index < -0.39 is 11.4 Å². The van der Waals surface area contributed by atoms with Crippen LogP contribution in [0.15, 0.2) is 18.6 Å². The molecule has 0 saturated carbocycles. The van der Waals surface area contributed by atoms with Gasteiger partial charge in [-0.05, 0) is 12.8 Å². The van der Waals surface area contributed by atoms with Gasteiger partial charge in [0.05, 0.1) is 11.6 Å². The molecule has 1 unspecified atom stereocenters. The van der Waals surface area contributed by atoms with Gasteiger partial charge in [0.25, 0.3) is 0 Å². The van der Waals surface area contributed by atoms with Crippen molar-refractivity contribution in [2.75, 3.05) is 0 Å². The summed E-state index contributed by atoms with van der Waals surface area (Å²) in [5.41, 5.74) is -0.226. The maximum Gasteiger partial charge on any atom is 0.310 e. The molecule has 2 aromatic rings. The first kappa shape index (κ1) is 12.5. The van der Waals surface area contributed by atoms with Gasteiger partial charge in [-0.25, -0.2) is 0 Å². The number of fused-ring (bicyclic) bond motifs is 1. The molecule has 6 nitrogen and oxygen atoms in total. The number of carboxylic acids is 1. The topological polar surface area (TPSA) is 80.4 Å². The summed E-state index contributed by atoms with van der Waals surface area (Å²) >= 11 is 0. The average Bonchev–Trinajstić information content (AvgIpc) is 2.72. The summed E-state index contributed by atoms with van der Waals surface area (Å²) in [6.07, 6.45) is 5.32. The Kier molecular flexibility index (Phi) is 3.02. The molecule has 0 saturated heterocycles. The lowest BCUT2D eigenvalue weighted by molar-refractivity contribution is -0.150. The normalized spacial score (nSPS) is 14.9. The molecule has 0 aliphatic heterocycles. The van der Waals surface area contributed by atoms with E-state index in [-0.39, 0.29) is 5.92 Å². The van der Waals surface area contributed by atoms with Crippen molar-refractivity contribution >= 4 is 11.6 Å². The SMILES string of the molecule is CC(C)C(C)(Cc1nnc2cnccn12)C(=O)O. The fourth-order valence-corrected chi connectivity index (χ4v) is 1.78. The van der Waals surface area contributed by atoms with Crippen molar-refractivity contribution in [3.05, 3.63) is 24.4 Å².